The van der Waals surface area contributed by atoms with Crippen molar-refractivity contribution in [3.8, 4) is 17.2 Å². The van der Waals surface area contributed by atoms with Gasteiger partial charge in [0.25, 0.3) is 11.8 Å². The molecule has 2 aliphatic heterocycles. The van der Waals surface area contributed by atoms with E-state index in [-0.39, 0.29) is 31.5 Å². The quantitative estimate of drug-likeness (QED) is 0.136. The zero-order chi connectivity index (χ0) is 36.3. The van der Waals surface area contributed by atoms with E-state index in [1.54, 1.807) is 42.5 Å². The first-order valence-corrected chi connectivity index (χ1v) is 19.9. The van der Waals surface area contributed by atoms with Crippen molar-refractivity contribution in [2.24, 2.45) is 4.99 Å². The van der Waals surface area contributed by atoms with Gasteiger partial charge >= 0.3 is 15.4 Å². The van der Waals surface area contributed by atoms with Crippen molar-refractivity contribution < 1.29 is 28.3 Å². The number of carbonyl (C=O) groups excluding carboxylic acids is 2. The Kier molecular flexibility index (Phi) is 13.9. The van der Waals surface area contributed by atoms with Gasteiger partial charge in [0.2, 0.25) is 5.90 Å². The van der Waals surface area contributed by atoms with Gasteiger partial charge in [-0.1, -0.05) is 91.0 Å². The Morgan fingerprint density at radius 3 is 1.83 bits per heavy atom. The van der Waals surface area contributed by atoms with Gasteiger partial charge in [0.15, 0.2) is 0 Å². The Hall–Kier alpha value is -5.37. The third-order valence-corrected chi connectivity index (χ3v) is 10.1. The number of anilines is 2. The molecule has 2 heterocycles. The summed E-state index contributed by atoms with van der Waals surface area (Å²) in [6, 6.07) is 49.2. The average molecular weight is 779 g/mol. The second-order valence-electron chi connectivity index (χ2n) is 10.7. The van der Waals surface area contributed by atoms with Crippen molar-refractivity contribution in [1.29, 1.82) is 0 Å². The standard InChI is InChI=1S/2C13H9ClNO2P.C13H11NO2.B/c14-18-15(10-6-2-1-3-7-10)13(16)11-8-4-5-9-12(11)17-18;14-18-16-12-9-5-4-8-11(12)13(17-18)15-10-6-2-1-3-7-10;15-12-9-5-4-8-11(12)13(16)14-10-6-2-1-3-7-10;/h2*1-9H;1-9,15H,(H,14,16);. The van der Waals surface area contributed by atoms with Crippen molar-refractivity contribution in [2.45, 2.75) is 0 Å². The predicted octanol–water partition coefficient (Wildman–Crippen LogP) is 11.1. The summed E-state index contributed by atoms with van der Waals surface area (Å²) < 4.78 is 18.0. The molecule has 2 atom stereocenters. The number of amides is 2. The van der Waals surface area contributed by atoms with Crippen LogP contribution >= 0.6 is 37.9 Å². The number of phenols is 1. The molecule has 8 rings (SSSR count). The minimum Gasteiger partial charge on any atom is -0.507 e. The van der Waals surface area contributed by atoms with E-state index < -0.39 is 15.4 Å². The number of hydrogen-bond donors (Lipinski definition) is 2. The molecule has 2 N–H and O–H groups in total. The molecule has 2 aliphatic rings. The lowest BCUT2D eigenvalue weighted by molar-refractivity contribution is 0.0996. The Balaban J connectivity index is 0.000000152. The smallest absolute Gasteiger partial charge is 0.402 e. The number of fused-ring (bicyclic) bond motifs is 2. The van der Waals surface area contributed by atoms with Crippen LogP contribution in [0.5, 0.6) is 17.2 Å². The fourth-order valence-corrected chi connectivity index (χ4v) is 7.53. The maximum absolute atomic E-state index is 12.4. The van der Waals surface area contributed by atoms with Crippen LogP contribution in [0.15, 0.2) is 169 Å². The molecule has 0 bridgehead atoms. The van der Waals surface area contributed by atoms with E-state index in [0.29, 0.717) is 28.6 Å². The Bertz CT molecular complexity index is 2170. The molecule has 0 saturated heterocycles. The molecule has 0 fully saturated rings. The van der Waals surface area contributed by atoms with Crippen LogP contribution in [0.2, 0.25) is 0 Å². The minimum absolute atomic E-state index is 0. The predicted molar refractivity (Wildman–Crippen MR) is 215 cm³/mol. The number of nitrogens with zero attached hydrogens (tertiary/aromatic N) is 2. The number of nitrogens with one attached hydrogen (secondary N) is 1. The normalized spacial score (nSPS) is 15.8. The lowest BCUT2D eigenvalue weighted by Crippen LogP contribution is -2.29. The number of aliphatic imine (C=N–C) groups is 1. The van der Waals surface area contributed by atoms with E-state index in [1.165, 1.54) is 10.7 Å². The largest absolute Gasteiger partial charge is 0.507 e. The Labute approximate surface area is 320 Å². The highest BCUT2D eigenvalue weighted by Gasteiger charge is 2.34. The molecule has 2 amide bonds. The summed E-state index contributed by atoms with van der Waals surface area (Å²) in [6.45, 7) is 0. The highest BCUT2D eigenvalue weighted by molar-refractivity contribution is 7.82. The van der Waals surface area contributed by atoms with Crippen LogP contribution in [-0.4, -0.2) is 31.2 Å². The fourth-order valence-electron chi connectivity index (χ4n) is 4.83. The van der Waals surface area contributed by atoms with Gasteiger partial charge in [-0.25, -0.2) is 9.66 Å². The molecule has 53 heavy (non-hydrogen) atoms. The molecule has 0 saturated carbocycles. The topological polar surface area (TPSA) is 110 Å². The first kappa shape index (κ1) is 38.9. The molecular formula is C39H29BCl2N3O6P2. The van der Waals surface area contributed by atoms with Crippen molar-refractivity contribution in [1.82, 2.24) is 0 Å². The fraction of sp³-hybridized carbons (Fsp3) is 0. The van der Waals surface area contributed by atoms with Crippen molar-refractivity contribution >= 4 is 81.0 Å². The van der Waals surface area contributed by atoms with Crippen molar-refractivity contribution in [3.63, 3.8) is 0 Å². The molecule has 9 nitrogen and oxygen atoms in total. The van der Waals surface area contributed by atoms with E-state index in [0.717, 1.165) is 16.9 Å². The van der Waals surface area contributed by atoms with Crippen LogP contribution in [0.25, 0.3) is 0 Å². The van der Waals surface area contributed by atoms with E-state index >= 15 is 0 Å². The zero-order valence-electron chi connectivity index (χ0n) is 27.7. The monoisotopic (exact) mass is 778 g/mol. The van der Waals surface area contributed by atoms with Crippen LogP contribution < -0.4 is 19.0 Å². The maximum Gasteiger partial charge on any atom is 0.402 e. The maximum atomic E-state index is 12.4. The SMILES string of the molecule is ClP1OC(=Nc2ccccc2)c2ccccc2O1.O=C(Nc1ccccc1)c1ccccc1O.O=C1c2ccccc2OP(Cl)N1c1ccccc1.[B]. The van der Waals surface area contributed by atoms with Gasteiger partial charge < -0.3 is 24.0 Å². The van der Waals surface area contributed by atoms with Gasteiger partial charge in [-0.15, -0.1) is 0 Å². The number of aromatic hydroxyl groups is 1. The Morgan fingerprint density at radius 1 is 0.642 bits per heavy atom. The van der Waals surface area contributed by atoms with Crippen LogP contribution in [0.1, 0.15) is 26.3 Å². The summed E-state index contributed by atoms with van der Waals surface area (Å²) in [7, 11) is -2.97. The second kappa shape index (κ2) is 18.9. The lowest BCUT2D eigenvalue weighted by Gasteiger charge is -2.31. The summed E-state index contributed by atoms with van der Waals surface area (Å²) in [4.78, 5) is 28.6. The van der Waals surface area contributed by atoms with Crippen molar-refractivity contribution in [2.75, 3.05) is 9.99 Å². The number of hydrogen-bond acceptors (Lipinski definition) is 7. The number of phenolic OH excluding ortho intramolecular Hbond substituents is 1. The highest BCUT2D eigenvalue weighted by Crippen LogP contribution is 2.54. The van der Waals surface area contributed by atoms with Crippen LogP contribution in [0.3, 0.4) is 0 Å². The molecule has 263 valence electrons. The second-order valence-corrected chi connectivity index (χ2v) is 14.3. The lowest BCUT2D eigenvalue weighted by atomic mass is 10.2. The summed E-state index contributed by atoms with van der Waals surface area (Å²) in [5, 5.41) is 12.2. The van der Waals surface area contributed by atoms with Crippen LogP contribution in [-0.2, 0) is 4.52 Å². The van der Waals surface area contributed by atoms with Crippen LogP contribution in [0.4, 0.5) is 17.1 Å². The molecule has 6 aromatic rings. The molecule has 0 spiro atoms. The molecule has 14 heteroatoms. The minimum atomic E-state index is -1.50. The number of benzene rings is 6. The van der Waals surface area contributed by atoms with Gasteiger partial charge in [-0.2, -0.15) is 0 Å². The van der Waals surface area contributed by atoms with E-state index in [2.05, 4.69) is 10.3 Å². The molecule has 0 aromatic heterocycles. The Morgan fingerprint density at radius 2 is 1.17 bits per heavy atom. The van der Waals surface area contributed by atoms with Gasteiger partial charge in [0.1, 0.15) is 17.2 Å². The number of carbonyl (C=O) groups is 2. The summed E-state index contributed by atoms with van der Waals surface area (Å²) in [5.41, 5.74) is 3.91. The van der Waals surface area contributed by atoms with E-state index in [9.17, 15) is 14.7 Å². The number of para-hydroxylation sites is 6. The third-order valence-electron chi connectivity index (χ3n) is 7.25. The first-order valence-electron chi connectivity index (χ1n) is 15.7. The van der Waals surface area contributed by atoms with Gasteiger partial charge in [0, 0.05) is 14.1 Å². The summed E-state index contributed by atoms with van der Waals surface area (Å²) in [5.74, 6) is 1.31. The number of halogens is 2. The molecule has 0 aliphatic carbocycles. The van der Waals surface area contributed by atoms with Crippen LogP contribution in [0, 0.1) is 0 Å². The molecule has 3 radical (unpaired) electrons. The first-order chi connectivity index (χ1) is 25.4. The van der Waals surface area contributed by atoms with Crippen molar-refractivity contribution in [3.05, 3.63) is 180 Å². The number of rotatable bonds is 4. The molecular weight excluding hydrogens is 750 g/mol. The molecule has 2 unspecified atom stereocenters. The zero-order valence-corrected chi connectivity index (χ0v) is 31.0. The summed E-state index contributed by atoms with van der Waals surface area (Å²) >= 11 is 12.1. The average Bonchev–Trinajstić information content (AvgIpc) is 3.17. The van der Waals surface area contributed by atoms with Gasteiger partial charge in [0.05, 0.1) is 28.1 Å². The van der Waals surface area contributed by atoms with Gasteiger partial charge in [-0.05, 0) is 95.3 Å². The summed E-state index contributed by atoms with van der Waals surface area (Å²) in [6.07, 6.45) is 0. The van der Waals surface area contributed by atoms with Gasteiger partial charge in [-0.3, -0.25) is 9.59 Å². The highest BCUT2D eigenvalue weighted by atomic mass is 35.7. The molecule has 6 aromatic carbocycles. The van der Waals surface area contributed by atoms with E-state index in [4.69, 9.17) is 36.1 Å². The van der Waals surface area contributed by atoms with E-state index in [1.807, 2.05) is 115 Å². The third kappa shape index (κ3) is 10.2.